The van der Waals surface area contributed by atoms with Gasteiger partial charge >= 0.3 is 0 Å². The maximum absolute atomic E-state index is 9.77. The van der Waals surface area contributed by atoms with Gasteiger partial charge in [0, 0.05) is 0 Å². The van der Waals surface area contributed by atoms with Gasteiger partial charge in [0.15, 0.2) is 12.6 Å². The van der Waals surface area contributed by atoms with E-state index in [0.29, 0.717) is 0 Å². The Hall–Kier alpha value is -0.400. The van der Waals surface area contributed by atoms with Crippen molar-refractivity contribution in [2.75, 3.05) is 13.2 Å². The van der Waals surface area contributed by atoms with Crippen molar-refractivity contribution in [1.29, 1.82) is 0 Å². The average molecular weight is 312 g/mol. The van der Waals surface area contributed by atoms with Gasteiger partial charge < -0.3 is 50.0 Å². The Bertz CT molecular complexity index is 339. The molecule has 0 aromatic rings. The molecule has 0 saturated carbocycles. The molecule has 2 rings (SSSR count). The van der Waals surface area contributed by atoms with Gasteiger partial charge in [-0.1, -0.05) is 0 Å². The molecule has 0 amide bonds. The fraction of sp³-hybridized carbons (Fsp3) is 1.00. The zero-order valence-corrected chi connectivity index (χ0v) is 11.0. The molecule has 2 aliphatic heterocycles. The average Bonchev–Trinajstić information content (AvgIpc) is 2.48. The molecule has 2 fully saturated rings. The third-order valence-electron chi connectivity index (χ3n) is 3.57. The molecule has 7 N–H and O–H groups in total. The van der Waals surface area contributed by atoms with Gasteiger partial charge in [-0.2, -0.15) is 0 Å². The Labute approximate surface area is 119 Å². The Morgan fingerprint density at radius 1 is 0.810 bits per heavy atom. The predicted molar refractivity (Wildman–Crippen MR) is 62.6 cm³/mol. The topological polar surface area (TPSA) is 169 Å². The number of aliphatic hydroxyl groups is 7. The molecule has 2 heterocycles. The molecule has 0 spiro atoms. The van der Waals surface area contributed by atoms with Crippen molar-refractivity contribution >= 4 is 0 Å². The lowest BCUT2D eigenvalue weighted by molar-refractivity contribution is -0.365. The van der Waals surface area contributed by atoms with E-state index in [0.717, 1.165) is 0 Å². The van der Waals surface area contributed by atoms with E-state index in [2.05, 4.69) is 0 Å². The lowest BCUT2D eigenvalue weighted by Crippen LogP contribution is -2.62. The van der Waals surface area contributed by atoms with Gasteiger partial charge in [0.05, 0.1) is 13.2 Å². The summed E-state index contributed by atoms with van der Waals surface area (Å²) in [5.74, 6) is 0. The maximum atomic E-state index is 9.77. The molecule has 0 bridgehead atoms. The first-order valence-electron chi connectivity index (χ1n) is 6.48. The minimum absolute atomic E-state index is 0.305. The van der Waals surface area contributed by atoms with Crippen molar-refractivity contribution in [1.82, 2.24) is 0 Å². The number of rotatable bonds is 3. The van der Waals surface area contributed by atoms with E-state index < -0.39 is 61.9 Å². The second kappa shape index (κ2) is 6.79. The van der Waals surface area contributed by atoms with E-state index in [4.69, 9.17) is 19.3 Å². The normalized spacial score (nSPS) is 51.9. The molecule has 0 radical (unpaired) electrons. The van der Waals surface area contributed by atoms with Crippen LogP contribution in [0, 0.1) is 0 Å². The highest BCUT2D eigenvalue weighted by atomic mass is 16.8. The van der Waals surface area contributed by atoms with Crippen LogP contribution in [0.4, 0.5) is 0 Å². The highest BCUT2D eigenvalue weighted by Gasteiger charge is 2.47. The smallest absolute Gasteiger partial charge is 0.189 e. The van der Waals surface area contributed by atoms with Crippen LogP contribution in [-0.4, -0.2) is 104 Å². The van der Waals surface area contributed by atoms with Crippen LogP contribution in [0.1, 0.15) is 0 Å². The van der Waals surface area contributed by atoms with Gasteiger partial charge in [0.2, 0.25) is 0 Å². The van der Waals surface area contributed by atoms with Crippen LogP contribution in [0.25, 0.3) is 0 Å². The Morgan fingerprint density at radius 3 is 2.05 bits per heavy atom. The minimum atomic E-state index is -1.65. The molecule has 10 nitrogen and oxygen atoms in total. The number of hydrogen-bond donors (Lipinski definition) is 7. The highest BCUT2D eigenvalue weighted by molar-refractivity contribution is 4.90. The molecule has 9 atom stereocenters. The molecule has 0 aromatic carbocycles. The Morgan fingerprint density at radius 2 is 1.43 bits per heavy atom. The highest BCUT2D eigenvalue weighted by Crippen LogP contribution is 2.25. The van der Waals surface area contributed by atoms with Crippen molar-refractivity contribution in [3.63, 3.8) is 0 Å². The number of hydrogen-bond acceptors (Lipinski definition) is 10. The van der Waals surface area contributed by atoms with Crippen LogP contribution in [-0.2, 0) is 14.2 Å². The van der Waals surface area contributed by atoms with Crippen LogP contribution in [0.15, 0.2) is 0 Å². The summed E-state index contributed by atoms with van der Waals surface area (Å²) in [7, 11) is 0. The van der Waals surface area contributed by atoms with Crippen molar-refractivity contribution < 1.29 is 50.0 Å². The fourth-order valence-corrected chi connectivity index (χ4v) is 2.21. The van der Waals surface area contributed by atoms with E-state index in [9.17, 15) is 30.6 Å². The molecule has 21 heavy (non-hydrogen) atoms. The summed E-state index contributed by atoms with van der Waals surface area (Å²) < 4.78 is 15.2. The SMILES string of the molecule is OC[C@H]1O[C@H](O[C@H]2OC[C@@H](O)[C@H](O)[C@H]2O)[C@H](O)[C@@H](O)[C@@H]1O. The van der Waals surface area contributed by atoms with Crippen molar-refractivity contribution in [2.45, 2.75) is 55.3 Å². The lowest BCUT2D eigenvalue weighted by atomic mass is 9.99. The summed E-state index contributed by atoms with van der Waals surface area (Å²) in [5, 5.41) is 66.5. The second-order valence-corrected chi connectivity index (χ2v) is 5.08. The van der Waals surface area contributed by atoms with Gasteiger partial charge in [-0.05, 0) is 0 Å². The largest absolute Gasteiger partial charge is 0.394 e. The zero-order valence-electron chi connectivity index (χ0n) is 11.0. The van der Waals surface area contributed by atoms with Gasteiger partial charge in [-0.15, -0.1) is 0 Å². The fourth-order valence-electron chi connectivity index (χ4n) is 2.21. The van der Waals surface area contributed by atoms with Crippen LogP contribution in [0.3, 0.4) is 0 Å². The lowest BCUT2D eigenvalue weighted by Gasteiger charge is -2.42. The van der Waals surface area contributed by atoms with Crippen LogP contribution in [0.2, 0.25) is 0 Å². The molecule has 0 aliphatic carbocycles. The molecule has 0 unspecified atom stereocenters. The summed E-state index contributed by atoms with van der Waals surface area (Å²) in [6.07, 6.45) is -13.3. The minimum Gasteiger partial charge on any atom is -0.394 e. The molecular weight excluding hydrogens is 292 g/mol. The van der Waals surface area contributed by atoms with Crippen LogP contribution < -0.4 is 0 Å². The number of ether oxygens (including phenoxy) is 3. The van der Waals surface area contributed by atoms with Gasteiger partial charge in [0.25, 0.3) is 0 Å². The van der Waals surface area contributed by atoms with Crippen LogP contribution in [0.5, 0.6) is 0 Å². The van der Waals surface area contributed by atoms with Crippen molar-refractivity contribution in [3.05, 3.63) is 0 Å². The standard InChI is InChI=1S/C11H20O10/c12-1-4-6(15)7(16)9(18)11(20-4)21-10-8(17)5(14)3(13)2-19-10/h3-18H,1-2H2/t3-,4-,5+,6-,7+,8-,9-,10-,11-/m1/s1. The molecule has 10 heteroatoms. The molecule has 2 aliphatic rings. The van der Waals surface area contributed by atoms with E-state index in [1.807, 2.05) is 0 Å². The van der Waals surface area contributed by atoms with Gasteiger partial charge in [-0.25, -0.2) is 0 Å². The quantitative estimate of drug-likeness (QED) is 0.268. The zero-order chi connectivity index (χ0) is 15.7. The third kappa shape index (κ3) is 3.35. The first kappa shape index (κ1) is 17.0. The Balaban J connectivity index is 2.01. The summed E-state index contributed by atoms with van der Waals surface area (Å²) in [4.78, 5) is 0. The van der Waals surface area contributed by atoms with Crippen LogP contribution >= 0.6 is 0 Å². The van der Waals surface area contributed by atoms with E-state index in [-0.39, 0.29) is 6.61 Å². The maximum Gasteiger partial charge on any atom is 0.189 e. The number of aliphatic hydroxyl groups excluding tert-OH is 7. The molecule has 2 saturated heterocycles. The molecular formula is C11H20O10. The van der Waals surface area contributed by atoms with E-state index in [1.54, 1.807) is 0 Å². The first-order chi connectivity index (χ1) is 9.86. The Kier molecular flexibility index (Phi) is 5.48. The van der Waals surface area contributed by atoms with Crippen molar-refractivity contribution in [3.8, 4) is 0 Å². The van der Waals surface area contributed by atoms with Gasteiger partial charge in [0.1, 0.15) is 42.7 Å². The monoisotopic (exact) mass is 312 g/mol. The first-order valence-corrected chi connectivity index (χ1v) is 6.48. The summed E-state index contributed by atoms with van der Waals surface area (Å²) >= 11 is 0. The van der Waals surface area contributed by atoms with E-state index >= 15 is 0 Å². The predicted octanol–water partition coefficient (Wildman–Crippen LogP) is -4.76. The summed E-state index contributed by atoms with van der Waals surface area (Å²) in [5.41, 5.74) is 0. The molecule has 0 aromatic heterocycles. The van der Waals surface area contributed by atoms with Crippen molar-refractivity contribution in [2.24, 2.45) is 0 Å². The summed E-state index contributed by atoms with van der Waals surface area (Å²) in [6, 6.07) is 0. The molecule has 124 valence electrons. The third-order valence-corrected chi connectivity index (χ3v) is 3.57. The van der Waals surface area contributed by atoms with E-state index in [1.165, 1.54) is 0 Å². The van der Waals surface area contributed by atoms with Gasteiger partial charge in [-0.3, -0.25) is 0 Å². The second-order valence-electron chi connectivity index (χ2n) is 5.08. The summed E-state index contributed by atoms with van der Waals surface area (Å²) in [6.45, 7) is -0.930.